The molecule has 4 nitrogen and oxygen atoms in total. The second kappa shape index (κ2) is 5.83. The van der Waals surface area contributed by atoms with Crippen molar-refractivity contribution < 1.29 is 4.79 Å². The smallest absolute Gasteiger partial charge is 0.322 e. The van der Waals surface area contributed by atoms with Crippen molar-refractivity contribution in [3.8, 4) is 0 Å². The van der Waals surface area contributed by atoms with E-state index in [9.17, 15) is 4.79 Å². The van der Waals surface area contributed by atoms with E-state index in [1.165, 1.54) is 5.56 Å². The maximum Gasteiger partial charge on any atom is 0.322 e. The van der Waals surface area contributed by atoms with Crippen molar-refractivity contribution in [1.29, 1.82) is 0 Å². The Kier molecular flexibility index (Phi) is 3.92. The summed E-state index contributed by atoms with van der Waals surface area (Å²) in [7, 11) is 0. The second-order valence-electron chi connectivity index (χ2n) is 5.73. The monoisotopic (exact) mass is 273 g/mol. The summed E-state index contributed by atoms with van der Waals surface area (Å²) in [6.45, 7) is 3.99. The molecular weight excluding hydrogens is 250 g/mol. The lowest BCUT2D eigenvalue weighted by Gasteiger charge is -2.34. The van der Waals surface area contributed by atoms with Gasteiger partial charge in [0.15, 0.2) is 0 Å². The Morgan fingerprint density at radius 1 is 1.30 bits per heavy atom. The molecule has 0 spiro atoms. The zero-order chi connectivity index (χ0) is 13.9. The molecule has 4 heteroatoms. The highest BCUT2D eigenvalue weighted by Gasteiger charge is 2.31. The highest BCUT2D eigenvalue weighted by atomic mass is 16.2. The van der Waals surface area contributed by atoms with Crippen LogP contribution >= 0.6 is 0 Å². The Hall–Kier alpha value is -1.55. The maximum absolute atomic E-state index is 12.3. The molecule has 20 heavy (non-hydrogen) atoms. The summed E-state index contributed by atoms with van der Waals surface area (Å²) in [6, 6.07) is 9.11. The standard InChI is InChI=1S/C16H23N3O/c1-2-10-17-14-9-11-19(16(20)18-12-7-8-12)15-6-4-3-5-13(14)15/h3-6,12,14,17H,2,7-11H2,1H3,(H,18,20). The fourth-order valence-corrected chi connectivity index (χ4v) is 2.78. The van der Waals surface area contributed by atoms with E-state index in [1.807, 2.05) is 11.0 Å². The number of hydrogen-bond donors (Lipinski definition) is 2. The third-order valence-electron chi connectivity index (χ3n) is 4.04. The molecule has 1 unspecified atom stereocenters. The van der Waals surface area contributed by atoms with Gasteiger partial charge in [0.05, 0.1) is 5.69 Å². The predicted molar refractivity (Wildman–Crippen MR) is 81.0 cm³/mol. The van der Waals surface area contributed by atoms with E-state index in [-0.39, 0.29) is 6.03 Å². The van der Waals surface area contributed by atoms with Crippen LogP contribution in [-0.2, 0) is 0 Å². The van der Waals surface area contributed by atoms with Gasteiger partial charge in [-0.25, -0.2) is 4.79 Å². The van der Waals surface area contributed by atoms with E-state index in [2.05, 4.69) is 35.8 Å². The SMILES string of the molecule is CCCNC1CCN(C(=O)NC2CC2)c2ccccc21. The fraction of sp³-hybridized carbons (Fsp3) is 0.562. The van der Waals surface area contributed by atoms with Crippen LogP contribution in [0.4, 0.5) is 10.5 Å². The van der Waals surface area contributed by atoms with Crippen LogP contribution in [0.25, 0.3) is 0 Å². The van der Waals surface area contributed by atoms with E-state index in [4.69, 9.17) is 0 Å². The molecule has 1 aliphatic heterocycles. The molecule has 0 bridgehead atoms. The Balaban J connectivity index is 1.78. The van der Waals surface area contributed by atoms with Gasteiger partial charge in [-0.05, 0) is 43.9 Å². The van der Waals surface area contributed by atoms with Gasteiger partial charge in [0.1, 0.15) is 0 Å². The highest BCUT2D eigenvalue weighted by molar-refractivity contribution is 5.93. The van der Waals surface area contributed by atoms with Crippen molar-refractivity contribution in [3.05, 3.63) is 29.8 Å². The average Bonchev–Trinajstić information content (AvgIpc) is 3.28. The summed E-state index contributed by atoms with van der Waals surface area (Å²) in [6.07, 6.45) is 4.36. The van der Waals surface area contributed by atoms with Crippen molar-refractivity contribution in [2.24, 2.45) is 0 Å². The first-order chi connectivity index (χ1) is 9.79. The topological polar surface area (TPSA) is 44.4 Å². The molecule has 0 saturated heterocycles. The number of nitrogens with one attached hydrogen (secondary N) is 2. The molecule has 1 atom stereocenters. The van der Waals surface area contributed by atoms with Gasteiger partial charge < -0.3 is 10.6 Å². The van der Waals surface area contributed by atoms with Crippen molar-refractivity contribution >= 4 is 11.7 Å². The molecule has 0 aromatic heterocycles. The lowest BCUT2D eigenvalue weighted by molar-refractivity contribution is 0.244. The summed E-state index contributed by atoms with van der Waals surface area (Å²) in [5.74, 6) is 0. The van der Waals surface area contributed by atoms with Crippen molar-refractivity contribution in [1.82, 2.24) is 10.6 Å². The van der Waals surface area contributed by atoms with Crippen molar-refractivity contribution in [2.45, 2.75) is 44.7 Å². The number of para-hydroxylation sites is 1. The number of urea groups is 1. The van der Waals surface area contributed by atoms with Gasteiger partial charge in [-0.3, -0.25) is 4.90 Å². The molecule has 1 aliphatic carbocycles. The summed E-state index contributed by atoms with van der Waals surface area (Å²) in [4.78, 5) is 14.2. The number of fused-ring (bicyclic) bond motifs is 1. The molecular formula is C16H23N3O. The van der Waals surface area contributed by atoms with E-state index in [1.54, 1.807) is 0 Å². The number of anilines is 1. The summed E-state index contributed by atoms with van der Waals surface area (Å²) < 4.78 is 0. The van der Waals surface area contributed by atoms with Crippen molar-refractivity contribution in [3.63, 3.8) is 0 Å². The normalized spacial score (nSPS) is 21.4. The molecule has 1 fully saturated rings. The lowest BCUT2D eigenvalue weighted by Crippen LogP contribution is -2.45. The Labute approximate surface area is 120 Å². The molecule has 2 aliphatic rings. The quantitative estimate of drug-likeness (QED) is 0.886. The van der Waals surface area contributed by atoms with Crippen LogP contribution in [0, 0.1) is 0 Å². The van der Waals surface area contributed by atoms with Gasteiger partial charge in [0.25, 0.3) is 0 Å². The van der Waals surface area contributed by atoms with Gasteiger partial charge >= 0.3 is 6.03 Å². The first-order valence-corrected chi connectivity index (χ1v) is 7.70. The summed E-state index contributed by atoms with van der Waals surface area (Å²) in [5.41, 5.74) is 2.31. The molecule has 2 amide bonds. The molecule has 1 aromatic rings. The predicted octanol–water partition coefficient (Wildman–Crippen LogP) is 2.81. The minimum Gasteiger partial charge on any atom is -0.335 e. The molecule has 108 valence electrons. The fourth-order valence-electron chi connectivity index (χ4n) is 2.78. The summed E-state index contributed by atoms with van der Waals surface area (Å²) in [5, 5.41) is 6.67. The Morgan fingerprint density at radius 3 is 2.85 bits per heavy atom. The van der Waals surface area contributed by atoms with Gasteiger partial charge in [-0.15, -0.1) is 0 Å². The zero-order valence-electron chi connectivity index (χ0n) is 12.1. The van der Waals surface area contributed by atoms with E-state index in [0.29, 0.717) is 12.1 Å². The first kappa shape index (κ1) is 13.4. The minimum atomic E-state index is 0.0638. The van der Waals surface area contributed by atoms with E-state index >= 15 is 0 Å². The van der Waals surface area contributed by atoms with Crippen LogP contribution in [0.5, 0.6) is 0 Å². The van der Waals surface area contributed by atoms with Crippen LogP contribution in [0.2, 0.25) is 0 Å². The number of carbonyl (C=O) groups excluding carboxylic acids is 1. The Morgan fingerprint density at radius 2 is 2.10 bits per heavy atom. The molecule has 1 heterocycles. The third kappa shape index (κ3) is 2.80. The number of amides is 2. The van der Waals surface area contributed by atoms with Gasteiger partial charge in [0, 0.05) is 18.6 Å². The number of benzene rings is 1. The second-order valence-corrected chi connectivity index (χ2v) is 5.73. The van der Waals surface area contributed by atoms with Gasteiger partial charge in [-0.2, -0.15) is 0 Å². The zero-order valence-corrected chi connectivity index (χ0v) is 12.1. The number of rotatable bonds is 4. The third-order valence-corrected chi connectivity index (χ3v) is 4.04. The first-order valence-electron chi connectivity index (χ1n) is 7.70. The maximum atomic E-state index is 12.3. The van der Waals surface area contributed by atoms with Crippen LogP contribution in [0.15, 0.2) is 24.3 Å². The lowest BCUT2D eigenvalue weighted by atomic mass is 9.96. The van der Waals surface area contributed by atoms with E-state index < -0.39 is 0 Å². The summed E-state index contributed by atoms with van der Waals surface area (Å²) >= 11 is 0. The highest BCUT2D eigenvalue weighted by Crippen LogP contribution is 2.34. The Bertz CT molecular complexity index is 484. The molecule has 2 N–H and O–H groups in total. The van der Waals surface area contributed by atoms with Crippen LogP contribution in [0.3, 0.4) is 0 Å². The van der Waals surface area contributed by atoms with Crippen LogP contribution in [-0.4, -0.2) is 25.2 Å². The van der Waals surface area contributed by atoms with Gasteiger partial charge in [-0.1, -0.05) is 25.1 Å². The minimum absolute atomic E-state index is 0.0638. The average molecular weight is 273 g/mol. The van der Waals surface area contributed by atoms with E-state index in [0.717, 1.165) is 44.5 Å². The van der Waals surface area contributed by atoms with Crippen molar-refractivity contribution in [2.75, 3.05) is 18.0 Å². The largest absolute Gasteiger partial charge is 0.335 e. The van der Waals surface area contributed by atoms with Gasteiger partial charge in [0.2, 0.25) is 0 Å². The molecule has 3 rings (SSSR count). The number of carbonyl (C=O) groups is 1. The molecule has 0 radical (unpaired) electrons. The molecule has 1 aromatic carbocycles. The van der Waals surface area contributed by atoms with Crippen LogP contribution < -0.4 is 15.5 Å². The molecule has 1 saturated carbocycles. The number of nitrogens with zero attached hydrogens (tertiary/aromatic N) is 1. The number of hydrogen-bond acceptors (Lipinski definition) is 2. The van der Waals surface area contributed by atoms with Crippen LogP contribution in [0.1, 0.15) is 44.2 Å².